The molecule has 6 aromatic heterocycles. The molecular formula is C51H39N8P. The summed E-state index contributed by atoms with van der Waals surface area (Å²) in [6.07, 6.45) is 20.9. The molecule has 0 saturated heterocycles. The van der Waals surface area contributed by atoms with Crippen molar-refractivity contribution in [3.63, 3.8) is 0 Å². The molecule has 4 aliphatic heterocycles. The Labute approximate surface area is 347 Å². The number of hydrogen-bond acceptors (Lipinski definition) is 6. The molecule has 2 N–H and O–H groups in total. The number of allylic oxidation sites excluding steroid dienone is 7. The second-order valence-corrected chi connectivity index (χ2v) is 17.0. The molecule has 1 aromatic carbocycles. The van der Waals surface area contributed by atoms with Crippen LogP contribution in [0.5, 0.6) is 0 Å². The predicted molar refractivity (Wildman–Crippen MR) is 253 cm³/mol. The minimum Gasteiger partial charge on any atom is -0.356 e. The van der Waals surface area contributed by atoms with Crippen molar-refractivity contribution in [1.29, 1.82) is 0 Å². The molecule has 0 fully saturated rings. The van der Waals surface area contributed by atoms with Crippen LogP contribution in [0.2, 0.25) is 0 Å². The van der Waals surface area contributed by atoms with Crippen LogP contribution in [0, 0.1) is 5.92 Å². The minimum absolute atomic E-state index is 0.0308. The van der Waals surface area contributed by atoms with Gasteiger partial charge in [0.25, 0.3) is 0 Å². The molecule has 3 atom stereocenters. The van der Waals surface area contributed by atoms with Gasteiger partial charge in [-0.2, -0.15) is 0 Å². The Morgan fingerprint density at radius 2 is 1.43 bits per heavy atom. The molecule has 5 aliphatic rings. The second kappa shape index (κ2) is 14.3. The van der Waals surface area contributed by atoms with Crippen LogP contribution >= 0.6 is 8.58 Å². The summed E-state index contributed by atoms with van der Waals surface area (Å²) in [5, 5.41) is 5.38. The zero-order valence-corrected chi connectivity index (χ0v) is 34.3. The Balaban J connectivity index is 0.00000132. The van der Waals surface area contributed by atoms with Gasteiger partial charge in [-0.25, -0.2) is 24.9 Å². The first-order chi connectivity index (χ1) is 29.3. The maximum absolute atomic E-state index is 5.68. The monoisotopic (exact) mass is 794 g/mol. The van der Waals surface area contributed by atoms with Gasteiger partial charge in [-0.1, -0.05) is 45.9 Å². The van der Waals surface area contributed by atoms with Gasteiger partial charge in [0.2, 0.25) is 0 Å². The van der Waals surface area contributed by atoms with Gasteiger partial charge >= 0.3 is 0 Å². The van der Waals surface area contributed by atoms with Crippen LogP contribution < -0.4 is 16.0 Å². The largest absolute Gasteiger partial charge is 0.356 e. The molecule has 0 radical (unpaired) electrons. The number of fused-ring (bicyclic) bond motifs is 16. The Kier molecular flexibility index (Phi) is 8.57. The number of hydrogen-bond donors (Lipinski definition) is 2. The molecule has 15 bridgehead atoms. The number of pyridine rings is 3. The molecule has 1 aliphatic carbocycles. The molecule has 0 amide bonds. The van der Waals surface area contributed by atoms with Crippen molar-refractivity contribution in [2.45, 2.75) is 26.4 Å². The molecule has 0 saturated carbocycles. The molecule has 12 rings (SSSR count). The molecule has 288 valence electrons. The summed E-state index contributed by atoms with van der Waals surface area (Å²) in [4.78, 5) is 38.4. The Hall–Kier alpha value is -7.15. The van der Waals surface area contributed by atoms with E-state index < -0.39 is 0 Å². The average Bonchev–Trinajstić information content (AvgIpc) is 4.08. The zero-order chi connectivity index (χ0) is 40.5. The van der Waals surface area contributed by atoms with E-state index in [0.717, 1.165) is 111 Å². The number of H-pyrrole nitrogens is 2. The molecule has 7 aromatic rings. The number of benzene rings is 1. The van der Waals surface area contributed by atoms with Gasteiger partial charge < -0.3 is 9.97 Å². The third kappa shape index (κ3) is 6.37. The molecule has 3 unspecified atom stereocenters. The highest BCUT2D eigenvalue weighted by Crippen LogP contribution is 2.52. The number of aromatic nitrogens is 6. The van der Waals surface area contributed by atoms with Crippen molar-refractivity contribution in [2.75, 3.05) is 0 Å². The SMILES string of the molecule is C=CC.CC1=C2/C=C\C(C)/C=c3/cc/c([nH]3)=C/C3=NC(=C\c4ccc(c1n4)C1Pc4c(c5ccc6cc7nc(cc8ccc(cc9ccc4c(n9)c5n6)[nH]8)C=C7)N=C21)/C=C3. The van der Waals surface area contributed by atoms with Crippen molar-refractivity contribution < 1.29 is 0 Å². The lowest BCUT2D eigenvalue weighted by atomic mass is 9.86. The number of aromatic amines is 2. The minimum atomic E-state index is 0.0308. The van der Waals surface area contributed by atoms with Gasteiger partial charge in [0, 0.05) is 43.4 Å². The van der Waals surface area contributed by atoms with E-state index in [0.29, 0.717) is 8.58 Å². The van der Waals surface area contributed by atoms with Crippen molar-refractivity contribution in [3.05, 3.63) is 166 Å². The van der Waals surface area contributed by atoms with E-state index in [1.807, 2.05) is 25.1 Å². The van der Waals surface area contributed by atoms with E-state index in [-0.39, 0.29) is 11.6 Å². The summed E-state index contributed by atoms with van der Waals surface area (Å²) >= 11 is 0. The van der Waals surface area contributed by atoms with E-state index in [2.05, 4.69) is 146 Å². The van der Waals surface area contributed by atoms with Crippen LogP contribution in [0.1, 0.15) is 54.8 Å². The Morgan fingerprint density at radius 3 is 2.28 bits per heavy atom. The fourth-order valence-electron chi connectivity index (χ4n) is 8.54. The summed E-state index contributed by atoms with van der Waals surface area (Å²) < 4.78 is 0. The molecule has 0 spiro atoms. The van der Waals surface area contributed by atoms with Crippen molar-refractivity contribution in [2.24, 2.45) is 15.9 Å². The molecule has 8 nitrogen and oxygen atoms in total. The first kappa shape index (κ1) is 36.0. The van der Waals surface area contributed by atoms with Crippen LogP contribution in [0.25, 0.3) is 79.8 Å². The van der Waals surface area contributed by atoms with E-state index in [4.69, 9.17) is 29.9 Å². The third-order valence-electron chi connectivity index (χ3n) is 11.2. The first-order valence-electron chi connectivity index (χ1n) is 20.2. The van der Waals surface area contributed by atoms with Crippen LogP contribution in [0.15, 0.2) is 137 Å². The van der Waals surface area contributed by atoms with Gasteiger partial charge in [0.15, 0.2) is 0 Å². The third-order valence-corrected chi connectivity index (χ3v) is 12.9. The van der Waals surface area contributed by atoms with E-state index in [9.17, 15) is 0 Å². The summed E-state index contributed by atoms with van der Waals surface area (Å²) in [5.74, 6) is 0.163. The Morgan fingerprint density at radius 1 is 0.683 bits per heavy atom. The van der Waals surface area contributed by atoms with E-state index in [1.54, 1.807) is 6.08 Å². The van der Waals surface area contributed by atoms with Crippen LogP contribution in [0.4, 0.5) is 5.69 Å². The topological polar surface area (TPSA) is 108 Å². The van der Waals surface area contributed by atoms with Crippen LogP contribution in [0.3, 0.4) is 0 Å². The number of nitrogens with one attached hydrogen (secondary N) is 2. The molecule has 60 heavy (non-hydrogen) atoms. The average molecular weight is 795 g/mol. The quantitative estimate of drug-likeness (QED) is 0.0905. The second-order valence-electron chi connectivity index (χ2n) is 15.6. The van der Waals surface area contributed by atoms with Gasteiger partial charge in [0.05, 0.1) is 73.3 Å². The fraction of sp³-hybridized carbons (Fsp3) is 0.0980. The maximum Gasteiger partial charge on any atom is 0.0994 e. The maximum atomic E-state index is 5.68. The van der Waals surface area contributed by atoms with Crippen LogP contribution in [-0.4, -0.2) is 41.3 Å². The highest BCUT2D eigenvalue weighted by molar-refractivity contribution is 7.50. The van der Waals surface area contributed by atoms with Crippen molar-refractivity contribution in [3.8, 4) is 0 Å². The number of aliphatic imine (C=N–C) groups is 2. The predicted octanol–water partition coefficient (Wildman–Crippen LogP) is 10.1. The summed E-state index contributed by atoms with van der Waals surface area (Å²) in [7, 11) is 0.399. The highest BCUT2D eigenvalue weighted by atomic mass is 31.1. The summed E-state index contributed by atoms with van der Waals surface area (Å²) in [5.41, 5.74) is 16.3. The fourth-order valence-corrected chi connectivity index (χ4v) is 10.3. The molecule has 9 heteroatoms. The van der Waals surface area contributed by atoms with Gasteiger partial charge in [-0.3, -0.25) is 4.99 Å². The summed E-state index contributed by atoms with van der Waals surface area (Å²) in [6, 6.07) is 27.5. The summed E-state index contributed by atoms with van der Waals surface area (Å²) in [6.45, 7) is 9.66. The molecule has 10 heterocycles. The highest BCUT2D eigenvalue weighted by Gasteiger charge is 2.36. The lowest BCUT2D eigenvalue weighted by Crippen LogP contribution is -2.24. The first-order valence-corrected chi connectivity index (χ1v) is 21.3. The lowest BCUT2D eigenvalue weighted by Gasteiger charge is -2.33. The van der Waals surface area contributed by atoms with E-state index >= 15 is 0 Å². The van der Waals surface area contributed by atoms with Crippen LogP contribution in [-0.2, 0) is 0 Å². The number of rotatable bonds is 0. The zero-order valence-electron chi connectivity index (χ0n) is 33.3. The molecular weight excluding hydrogens is 756 g/mol. The van der Waals surface area contributed by atoms with Gasteiger partial charge in [-0.05, 0) is 140 Å². The van der Waals surface area contributed by atoms with E-state index in [1.165, 1.54) is 10.9 Å². The van der Waals surface area contributed by atoms with Crippen molar-refractivity contribution >= 4 is 111 Å². The smallest absolute Gasteiger partial charge is 0.0994 e. The normalized spacial score (nSPS) is 20.8. The number of nitrogens with zero attached hydrogens (tertiary/aromatic N) is 6. The van der Waals surface area contributed by atoms with Gasteiger partial charge in [0.1, 0.15) is 0 Å². The standard InChI is InChI=1S/C48H33N8P.C3H6/c1-25-3-15-38-26(2)42-40(17-13-35(53-42)22-32-9-6-29(50-32)20-28-5-4-27(19-25)49-28)47-45(38)56-46-39-16-12-36-23-33-10-7-30(51-33)21-31-8-11-34(52-31)24-37-14-18-41(48(46)57-47)44(55-37)43(39)54-36;1-3-2/h3-25,47,49,52,57H,1-2H3;3H,1H2,2H3/b15-3-,27-19-,28-20-,30-21?,31-21?,32-22-,33-23?,34-24?,36-23?,37-24?;. The Bertz CT molecular complexity index is 3480. The van der Waals surface area contributed by atoms with Gasteiger partial charge in [-0.15, -0.1) is 6.58 Å². The lowest BCUT2D eigenvalue weighted by molar-refractivity contribution is 0.986. The van der Waals surface area contributed by atoms with Crippen molar-refractivity contribution in [1.82, 2.24) is 29.9 Å².